The highest BCUT2D eigenvalue weighted by molar-refractivity contribution is 7.09. The molecule has 7 nitrogen and oxygen atoms in total. The Balaban J connectivity index is 1.81. The molecule has 0 atom stereocenters. The first-order chi connectivity index (χ1) is 11.9. The lowest BCUT2D eigenvalue weighted by atomic mass is 10.1. The second-order valence-corrected chi connectivity index (χ2v) is 7.26. The summed E-state index contributed by atoms with van der Waals surface area (Å²) < 4.78 is 0. The van der Waals surface area contributed by atoms with Crippen LogP contribution in [0.15, 0.2) is 23.6 Å². The Hall–Kier alpha value is -2.61. The molecule has 25 heavy (non-hydrogen) atoms. The van der Waals surface area contributed by atoms with Crippen LogP contribution in [-0.2, 0) is 13.0 Å². The topological polar surface area (TPSA) is 93.4 Å². The highest BCUT2D eigenvalue weighted by Crippen LogP contribution is 2.31. The molecule has 0 N–H and O–H groups in total. The maximum absolute atomic E-state index is 12.5. The smallest absolute Gasteiger partial charge is 0.269 e. The number of hydrogen-bond acceptors (Lipinski definition) is 6. The average molecular weight is 359 g/mol. The highest BCUT2D eigenvalue weighted by atomic mass is 32.1. The van der Waals surface area contributed by atoms with E-state index in [1.54, 1.807) is 0 Å². The van der Waals surface area contributed by atoms with Gasteiger partial charge in [-0.05, 0) is 24.8 Å². The van der Waals surface area contributed by atoms with Crippen LogP contribution in [0.3, 0.4) is 0 Å². The summed E-state index contributed by atoms with van der Waals surface area (Å²) in [4.78, 5) is 41.0. The van der Waals surface area contributed by atoms with Gasteiger partial charge in [0.25, 0.3) is 17.5 Å². The maximum Gasteiger partial charge on any atom is 0.282 e. The van der Waals surface area contributed by atoms with Crippen molar-refractivity contribution in [2.45, 2.75) is 33.2 Å². The van der Waals surface area contributed by atoms with Crippen molar-refractivity contribution in [1.29, 1.82) is 0 Å². The maximum atomic E-state index is 12.5. The Bertz CT molecular complexity index is 859. The minimum Gasteiger partial charge on any atom is -0.269 e. The summed E-state index contributed by atoms with van der Waals surface area (Å²) in [5.41, 5.74) is 0.234. The summed E-state index contributed by atoms with van der Waals surface area (Å²) in [6.45, 7) is 4.31. The number of carbonyl (C=O) groups excluding carboxylic acids is 2. The molecule has 2 heterocycles. The first kappa shape index (κ1) is 17.2. The standard InChI is InChI=1S/C17H17N3O4S/c1-10(2)6-7-14-18-11(9-25-14)8-19-16(21)12-4-3-5-13(20(23)24)15(12)17(19)22/h3-5,9-10H,6-8H2,1-2H3. The van der Waals surface area contributed by atoms with Crippen LogP contribution in [0.25, 0.3) is 0 Å². The molecule has 1 aliphatic rings. The summed E-state index contributed by atoms with van der Waals surface area (Å²) in [6.07, 6.45) is 1.88. The Labute approximate surface area is 148 Å². The molecular weight excluding hydrogens is 342 g/mol. The van der Waals surface area contributed by atoms with Gasteiger partial charge in [-0.2, -0.15) is 0 Å². The van der Waals surface area contributed by atoms with Crippen molar-refractivity contribution in [2.24, 2.45) is 5.92 Å². The Morgan fingerprint density at radius 1 is 1.28 bits per heavy atom. The minimum absolute atomic E-state index is 0.0294. The van der Waals surface area contributed by atoms with Crippen LogP contribution in [0.2, 0.25) is 0 Å². The summed E-state index contributed by atoms with van der Waals surface area (Å²) in [5, 5.41) is 13.9. The number of aryl methyl sites for hydroxylation is 1. The van der Waals surface area contributed by atoms with E-state index in [4.69, 9.17) is 0 Å². The van der Waals surface area contributed by atoms with E-state index < -0.39 is 16.7 Å². The zero-order chi connectivity index (χ0) is 18.1. The van der Waals surface area contributed by atoms with E-state index in [2.05, 4.69) is 18.8 Å². The first-order valence-electron chi connectivity index (χ1n) is 7.95. The van der Waals surface area contributed by atoms with E-state index in [-0.39, 0.29) is 23.4 Å². The van der Waals surface area contributed by atoms with Crippen molar-refractivity contribution in [3.8, 4) is 0 Å². The predicted octanol–water partition coefficient (Wildman–Crippen LogP) is 3.44. The third-order valence-corrected chi connectivity index (χ3v) is 4.99. The van der Waals surface area contributed by atoms with Gasteiger partial charge in [0.2, 0.25) is 0 Å². The van der Waals surface area contributed by atoms with E-state index in [0.29, 0.717) is 11.6 Å². The molecule has 2 aromatic rings. The van der Waals surface area contributed by atoms with Gasteiger partial charge in [0.15, 0.2) is 0 Å². The summed E-state index contributed by atoms with van der Waals surface area (Å²) in [5.74, 6) is -0.575. The average Bonchev–Trinajstić information content (AvgIpc) is 3.12. The lowest BCUT2D eigenvalue weighted by molar-refractivity contribution is -0.385. The van der Waals surface area contributed by atoms with E-state index in [1.165, 1.54) is 29.5 Å². The number of aromatic nitrogens is 1. The van der Waals surface area contributed by atoms with E-state index in [0.717, 1.165) is 22.7 Å². The Morgan fingerprint density at radius 2 is 2.04 bits per heavy atom. The number of thiazole rings is 1. The summed E-state index contributed by atoms with van der Waals surface area (Å²) in [7, 11) is 0. The molecule has 130 valence electrons. The Kier molecular flexibility index (Phi) is 4.63. The van der Waals surface area contributed by atoms with Crippen molar-refractivity contribution in [1.82, 2.24) is 9.88 Å². The molecule has 1 aliphatic heterocycles. The fourth-order valence-corrected chi connectivity index (χ4v) is 3.53. The number of nitrogens with zero attached hydrogens (tertiary/aromatic N) is 3. The molecule has 0 aliphatic carbocycles. The van der Waals surface area contributed by atoms with Crippen molar-refractivity contribution < 1.29 is 14.5 Å². The van der Waals surface area contributed by atoms with E-state index in [9.17, 15) is 19.7 Å². The largest absolute Gasteiger partial charge is 0.282 e. The minimum atomic E-state index is -0.639. The number of rotatable bonds is 6. The molecule has 0 spiro atoms. The predicted molar refractivity (Wildman–Crippen MR) is 92.6 cm³/mol. The molecule has 0 fully saturated rings. The van der Waals surface area contributed by atoms with Gasteiger partial charge in [-0.25, -0.2) is 4.98 Å². The van der Waals surface area contributed by atoms with E-state index >= 15 is 0 Å². The molecule has 0 saturated heterocycles. The molecule has 0 radical (unpaired) electrons. The molecule has 2 amide bonds. The normalized spacial score (nSPS) is 13.6. The van der Waals surface area contributed by atoms with Gasteiger partial charge in [-0.3, -0.25) is 24.6 Å². The zero-order valence-electron chi connectivity index (χ0n) is 13.9. The van der Waals surface area contributed by atoms with E-state index in [1.807, 2.05) is 5.38 Å². The van der Waals surface area contributed by atoms with Crippen molar-refractivity contribution >= 4 is 28.8 Å². The quantitative estimate of drug-likeness (QED) is 0.447. The lowest BCUT2D eigenvalue weighted by Gasteiger charge is -2.11. The van der Waals surface area contributed by atoms with Crippen LogP contribution in [0, 0.1) is 16.0 Å². The number of nitro groups is 1. The van der Waals surface area contributed by atoms with Crippen molar-refractivity contribution in [2.75, 3.05) is 0 Å². The van der Waals surface area contributed by atoms with Gasteiger partial charge < -0.3 is 0 Å². The summed E-state index contributed by atoms with van der Waals surface area (Å²) in [6, 6.07) is 4.09. The number of fused-ring (bicyclic) bond motifs is 1. The van der Waals surface area contributed by atoms with Gasteiger partial charge >= 0.3 is 0 Å². The van der Waals surface area contributed by atoms with Gasteiger partial charge in [-0.1, -0.05) is 19.9 Å². The van der Waals surface area contributed by atoms with Gasteiger partial charge in [-0.15, -0.1) is 11.3 Å². The Morgan fingerprint density at radius 3 is 2.72 bits per heavy atom. The third kappa shape index (κ3) is 3.30. The SMILES string of the molecule is CC(C)CCc1nc(CN2C(=O)c3cccc([N+](=O)[O-])c3C2=O)cs1. The van der Waals surface area contributed by atoms with Crippen LogP contribution in [0.5, 0.6) is 0 Å². The molecule has 0 saturated carbocycles. The number of amides is 2. The highest BCUT2D eigenvalue weighted by Gasteiger charge is 2.41. The van der Waals surface area contributed by atoms with Crippen LogP contribution in [0.1, 0.15) is 51.7 Å². The van der Waals surface area contributed by atoms with Crippen LogP contribution >= 0.6 is 11.3 Å². The number of imide groups is 1. The summed E-state index contributed by atoms with van der Waals surface area (Å²) >= 11 is 1.50. The molecule has 1 aromatic heterocycles. The van der Waals surface area contributed by atoms with Crippen LogP contribution < -0.4 is 0 Å². The molecule has 3 rings (SSSR count). The molecule has 1 aromatic carbocycles. The van der Waals surface area contributed by atoms with Crippen LogP contribution in [-0.4, -0.2) is 26.6 Å². The number of carbonyl (C=O) groups is 2. The lowest BCUT2D eigenvalue weighted by Crippen LogP contribution is -2.29. The second kappa shape index (κ2) is 6.72. The van der Waals surface area contributed by atoms with Gasteiger partial charge in [0, 0.05) is 11.4 Å². The fraction of sp³-hybridized carbons (Fsp3) is 0.353. The number of hydrogen-bond donors (Lipinski definition) is 0. The van der Waals surface area contributed by atoms with Crippen molar-refractivity contribution in [3.05, 3.63) is 55.5 Å². The van der Waals surface area contributed by atoms with Crippen molar-refractivity contribution in [3.63, 3.8) is 0 Å². The number of benzene rings is 1. The fourth-order valence-electron chi connectivity index (χ4n) is 2.72. The van der Waals surface area contributed by atoms with Gasteiger partial charge in [0.05, 0.1) is 27.7 Å². The van der Waals surface area contributed by atoms with Crippen LogP contribution in [0.4, 0.5) is 5.69 Å². The third-order valence-electron chi connectivity index (χ3n) is 4.03. The first-order valence-corrected chi connectivity index (χ1v) is 8.83. The molecular formula is C17H17N3O4S. The second-order valence-electron chi connectivity index (χ2n) is 6.32. The number of nitro benzene ring substituents is 1. The molecule has 0 unspecified atom stereocenters. The van der Waals surface area contributed by atoms with Gasteiger partial charge in [0.1, 0.15) is 5.56 Å². The monoisotopic (exact) mass is 359 g/mol. The molecule has 0 bridgehead atoms. The zero-order valence-corrected chi connectivity index (χ0v) is 14.7. The molecule has 8 heteroatoms.